The van der Waals surface area contributed by atoms with Gasteiger partial charge in [-0.05, 0) is 86.4 Å². The lowest BCUT2D eigenvalue weighted by Gasteiger charge is -2.10. The topological polar surface area (TPSA) is 24.7 Å². The summed E-state index contributed by atoms with van der Waals surface area (Å²) in [6, 6.07) is 18.3. The van der Waals surface area contributed by atoms with Crippen LogP contribution in [0.3, 0.4) is 0 Å². The van der Waals surface area contributed by atoms with Gasteiger partial charge in [-0.1, -0.05) is 424 Å². The first-order valence-electron chi connectivity index (χ1n) is 39.7. The van der Waals surface area contributed by atoms with E-state index in [1.54, 1.807) is 0 Å². The number of hydrogen-bond acceptors (Lipinski definition) is 2. The van der Waals surface area contributed by atoms with Crippen molar-refractivity contribution in [3.8, 4) is 0 Å². The molecule has 0 radical (unpaired) electrons. The molecule has 0 bridgehead atoms. The second-order valence-corrected chi connectivity index (χ2v) is 27.6. The van der Waals surface area contributed by atoms with Crippen LogP contribution in [0, 0.1) is 0 Å². The normalized spacial score (nSPS) is 12.2. The average Bonchev–Trinajstić information content (AvgIpc) is 3.71. The van der Waals surface area contributed by atoms with Gasteiger partial charge in [0.1, 0.15) is 0 Å². The number of nitrogens with zero attached hydrogens (tertiary/aromatic N) is 2. The van der Waals surface area contributed by atoms with Crippen molar-refractivity contribution in [2.45, 2.75) is 439 Å². The maximum Gasteiger partial charge on any atom is 0.0848 e. The second-order valence-electron chi connectivity index (χ2n) is 27.6. The Morgan fingerprint density at radius 2 is 0.453 bits per heavy atom. The van der Waals surface area contributed by atoms with Gasteiger partial charge >= 0.3 is 0 Å². The SMILES string of the molecule is CCC=CC(=Nc1ccc(CCCCCCCCCCCCCCCCCCCCCCCCCCCCC)cc1)C(CCCCCCCC)=Nc1ccc(CCCCCCCCCCCCCCCCCCCCCCCCCCCCC)cc1. The van der Waals surface area contributed by atoms with E-state index in [2.05, 4.69) is 88.4 Å². The smallest absolute Gasteiger partial charge is 0.0848 e. The average molecular weight is 1190 g/mol. The second kappa shape index (κ2) is 65.5. The molecule has 2 aromatic rings. The fourth-order valence-corrected chi connectivity index (χ4v) is 13.2. The molecule has 0 fully saturated rings. The molecular weight excluding hydrogens is 1040 g/mol. The monoisotopic (exact) mass is 1190 g/mol. The lowest BCUT2D eigenvalue weighted by atomic mass is 10.0. The van der Waals surface area contributed by atoms with Crippen molar-refractivity contribution < 1.29 is 0 Å². The molecule has 86 heavy (non-hydrogen) atoms. The number of aryl methyl sites for hydroxylation is 2. The molecule has 0 aromatic heterocycles. The van der Waals surface area contributed by atoms with Crippen LogP contribution in [0.2, 0.25) is 0 Å². The zero-order valence-corrected chi connectivity index (χ0v) is 58.9. The van der Waals surface area contributed by atoms with E-state index in [1.165, 1.54) is 403 Å². The first-order chi connectivity index (χ1) is 42.7. The molecule has 0 heterocycles. The standard InChI is InChI=1S/C84H150N2/c1-5-9-13-16-19-21-23-25-27-29-31-33-35-37-39-41-43-45-47-49-51-53-55-57-59-61-64-67-79-71-75-81(76-72-79)85-83(69-12-8-4)84(70-66-63-18-15-11-7-3)86-82-77-73-80(74-78-82)68-65-62-60-58-56-54-52-50-48-46-44-42-40-38-36-34-32-30-28-26-24-22-20-17-14-10-6-2/h12,69,71-78H,5-11,13-68,70H2,1-4H3. The Morgan fingerprint density at radius 3 is 0.686 bits per heavy atom. The maximum absolute atomic E-state index is 5.36. The molecule has 496 valence electrons. The summed E-state index contributed by atoms with van der Waals surface area (Å²) in [5.41, 5.74) is 7.17. The van der Waals surface area contributed by atoms with Crippen LogP contribution in [0.1, 0.15) is 437 Å². The van der Waals surface area contributed by atoms with Crippen LogP contribution in [-0.2, 0) is 12.8 Å². The van der Waals surface area contributed by atoms with Gasteiger partial charge in [0.25, 0.3) is 0 Å². The number of unbranched alkanes of at least 4 members (excludes halogenated alkanes) is 57. The van der Waals surface area contributed by atoms with Crippen molar-refractivity contribution >= 4 is 22.8 Å². The largest absolute Gasteiger partial charge is 0.251 e. The van der Waals surface area contributed by atoms with E-state index in [9.17, 15) is 0 Å². The fraction of sp³-hybridized carbons (Fsp3) is 0.810. The summed E-state index contributed by atoms with van der Waals surface area (Å²) in [4.78, 5) is 10.7. The van der Waals surface area contributed by atoms with Gasteiger partial charge in [0, 0.05) is 0 Å². The summed E-state index contributed by atoms with van der Waals surface area (Å²) in [6.45, 7) is 9.16. The van der Waals surface area contributed by atoms with E-state index in [0.29, 0.717) is 0 Å². The molecular formula is C84H150N2. The zero-order valence-electron chi connectivity index (χ0n) is 58.9. The van der Waals surface area contributed by atoms with Crippen molar-refractivity contribution in [2.24, 2.45) is 9.98 Å². The van der Waals surface area contributed by atoms with Gasteiger partial charge in [0.15, 0.2) is 0 Å². The molecule has 0 N–H and O–H groups in total. The van der Waals surface area contributed by atoms with E-state index in [1.807, 2.05) is 0 Å². The summed E-state index contributed by atoms with van der Waals surface area (Å²) >= 11 is 0. The Bertz CT molecular complexity index is 1730. The molecule has 2 heteroatoms. The molecule has 2 nitrogen and oxygen atoms in total. The van der Waals surface area contributed by atoms with E-state index in [0.717, 1.165) is 42.1 Å². The molecule has 0 amide bonds. The highest BCUT2D eigenvalue weighted by molar-refractivity contribution is 6.47. The van der Waals surface area contributed by atoms with E-state index in [4.69, 9.17) is 9.98 Å². The highest BCUT2D eigenvalue weighted by atomic mass is 14.8. The van der Waals surface area contributed by atoms with Gasteiger partial charge < -0.3 is 0 Å². The van der Waals surface area contributed by atoms with Crippen LogP contribution < -0.4 is 0 Å². The Kier molecular flexibility index (Phi) is 60.6. The minimum atomic E-state index is 0.970. The Hall–Kier alpha value is -2.48. The van der Waals surface area contributed by atoms with Gasteiger partial charge in [0.05, 0.1) is 22.8 Å². The minimum absolute atomic E-state index is 0.970. The van der Waals surface area contributed by atoms with Crippen molar-refractivity contribution in [1.82, 2.24) is 0 Å². The van der Waals surface area contributed by atoms with E-state index in [-0.39, 0.29) is 0 Å². The Balaban J connectivity index is 1.57. The van der Waals surface area contributed by atoms with Gasteiger partial charge in [-0.15, -0.1) is 0 Å². The molecule has 2 aromatic carbocycles. The number of aliphatic imine (C=N–C) groups is 2. The number of rotatable bonds is 68. The van der Waals surface area contributed by atoms with Crippen molar-refractivity contribution in [1.29, 1.82) is 0 Å². The first-order valence-corrected chi connectivity index (χ1v) is 39.7. The predicted molar refractivity (Wildman–Crippen MR) is 393 cm³/mol. The summed E-state index contributed by atoms with van der Waals surface area (Å²) in [6.07, 6.45) is 94.7. The quantitative estimate of drug-likeness (QED) is 0.0466. The summed E-state index contributed by atoms with van der Waals surface area (Å²) in [5.74, 6) is 0. The van der Waals surface area contributed by atoms with Gasteiger partial charge in [-0.3, -0.25) is 4.99 Å². The van der Waals surface area contributed by atoms with Gasteiger partial charge in [-0.25, -0.2) is 4.99 Å². The van der Waals surface area contributed by atoms with Crippen molar-refractivity contribution in [2.75, 3.05) is 0 Å². The Morgan fingerprint density at radius 1 is 0.244 bits per heavy atom. The third kappa shape index (κ3) is 53.4. The molecule has 0 unspecified atom stereocenters. The summed E-state index contributed by atoms with van der Waals surface area (Å²) < 4.78 is 0. The fourth-order valence-electron chi connectivity index (χ4n) is 13.2. The lowest BCUT2D eigenvalue weighted by Crippen LogP contribution is -2.12. The highest BCUT2D eigenvalue weighted by Crippen LogP contribution is 2.24. The summed E-state index contributed by atoms with van der Waals surface area (Å²) in [7, 11) is 0. The van der Waals surface area contributed by atoms with E-state index < -0.39 is 0 Å². The van der Waals surface area contributed by atoms with Gasteiger partial charge in [-0.2, -0.15) is 0 Å². The van der Waals surface area contributed by atoms with Crippen LogP contribution >= 0.6 is 0 Å². The molecule has 0 aliphatic heterocycles. The maximum atomic E-state index is 5.36. The molecule has 0 atom stereocenters. The molecule has 0 saturated carbocycles. The minimum Gasteiger partial charge on any atom is -0.251 e. The van der Waals surface area contributed by atoms with Crippen LogP contribution in [0.25, 0.3) is 0 Å². The van der Waals surface area contributed by atoms with Crippen LogP contribution in [-0.4, -0.2) is 11.4 Å². The number of hydrogen-bond donors (Lipinski definition) is 0. The van der Waals surface area contributed by atoms with Crippen molar-refractivity contribution in [3.05, 3.63) is 71.8 Å². The molecule has 0 aliphatic rings. The Labute approximate surface area is 540 Å². The van der Waals surface area contributed by atoms with Crippen LogP contribution in [0.4, 0.5) is 11.4 Å². The van der Waals surface area contributed by atoms with Crippen LogP contribution in [0.5, 0.6) is 0 Å². The molecule has 0 saturated heterocycles. The first kappa shape index (κ1) is 79.6. The molecule has 2 rings (SSSR count). The molecule has 0 aliphatic carbocycles. The summed E-state index contributed by atoms with van der Waals surface area (Å²) in [5, 5.41) is 0. The third-order valence-electron chi connectivity index (χ3n) is 19.1. The third-order valence-corrected chi connectivity index (χ3v) is 19.1. The van der Waals surface area contributed by atoms with Crippen LogP contribution in [0.15, 0.2) is 70.7 Å². The highest BCUT2D eigenvalue weighted by Gasteiger charge is 2.10. The number of benzene rings is 2. The van der Waals surface area contributed by atoms with E-state index >= 15 is 0 Å². The zero-order chi connectivity index (χ0) is 61.2. The van der Waals surface area contributed by atoms with Gasteiger partial charge in [0.2, 0.25) is 0 Å². The molecule has 0 spiro atoms. The van der Waals surface area contributed by atoms with Crippen molar-refractivity contribution in [3.63, 3.8) is 0 Å². The number of allylic oxidation sites excluding steroid dienone is 2. The lowest BCUT2D eigenvalue weighted by molar-refractivity contribution is 0.514. The predicted octanol–water partition coefficient (Wildman–Crippen LogP) is 30.4.